The minimum atomic E-state index is -0.927. The molecule has 1 heterocycles. The number of benzene rings is 1. The SMILES string of the molecule is CCCCCC1CCC(C2CCC(OCc3ccc(OCC)c(F)c3F)CC2)OC1. The third-order valence-corrected chi connectivity index (χ3v) is 6.77. The topological polar surface area (TPSA) is 27.7 Å². The molecule has 1 saturated carbocycles. The highest BCUT2D eigenvalue weighted by molar-refractivity contribution is 5.30. The van der Waals surface area contributed by atoms with Crippen molar-refractivity contribution in [2.75, 3.05) is 13.2 Å². The quantitative estimate of drug-likeness (QED) is 0.386. The van der Waals surface area contributed by atoms with Crippen LogP contribution in [0.5, 0.6) is 5.75 Å². The van der Waals surface area contributed by atoms with Crippen molar-refractivity contribution in [2.24, 2.45) is 11.8 Å². The van der Waals surface area contributed by atoms with Gasteiger partial charge >= 0.3 is 0 Å². The summed E-state index contributed by atoms with van der Waals surface area (Å²) >= 11 is 0. The monoisotopic (exact) mass is 424 g/mol. The van der Waals surface area contributed by atoms with Crippen LogP contribution in [0.4, 0.5) is 8.78 Å². The van der Waals surface area contributed by atoms with Crippen LogP contribution in [0.3, 0.4) is 0 Å². The molecule has 0 bridgehead atoms. The van der Waals surface area contributed by atoms with Crippen molar-refractivity contribution in [3.63, 3.8) is 0 Å². The van der Waals surface area contributed by atoms with E-state index in [4.69, 9.17) is 14.2 Å². The molecule has 1 aliphatic heterocycles. The molecule has 3 rings (SSSR count). The van der Waals surface area contributed by atoms with Crippen molar-refractivity contribution >= 4 is 0 Å². The van der Waals surface area contributed by atoms with E-state index in [1.165, 1.54) is 44.6 Å². The van der Waals surface area contributed by atoms with Crippen molar-refractivity contribution < 1.29 is 23.0 Å². The number of hydrogen-bond acceptors (Lipinski definition) is 3. The van der Waals surface area contributed by atoms with E-state index >= 15 is 0 Å². The van der Waals surface area contributed by atoms with Crippen LogP contribution in [-0.4, -0.2) is 25.4 Å². The summed E-state index contributed by atoms with van der Waals surface area (Å²) < 4.78 is 45.5. The molecule has 1 aromatic carbocycles. The maximum atomic E-state index is 14.2. The van der Waals surface area contributed by atoms with Gasteiger partial charge in [0.05, 0.1) is 25.4 Å². The van der Waals surface area contributed by atoms with Crippen LogP contribution in [0, 0.1) is 23.5 Å². The highest BCUT2D eigenvalue weighted by Crippen LogP contribution is 2.36. The summed E-state index contributed by atoms with van der Waals surface area (Å²) in [5, 5.41) is 0. The number of unbranched alkanes of at least 4 members (excludes halogenated alkanes) is 2. The molecule has 0 spiro atoms. The Labute approximate surface area is 180 Å². The summed E-state index contributed by atoms with van der Waals surface area (Å²) in [6.45, 7) is 5.33. The first-order valence-corrected chi connectivity index (χ1v) is 11.9. The summed E-state index contributed by atoms with van der Waals surface area (Å²) in [5.41, 5.74) is 0.253. The molecule has 0 N–H and O–H groups in total. The van der Waals surface area contributed by atoms with Gasteiger partial charge in [-0.3, -0.25) is 0 Å². The molecular formula is C25H38F2O3. The number of hydrogen-bond donors (Lipinski definition) is 0. The zero-order valence-electron chi connectivity index (χ0n) is 18.6. The van der Waals surface area contributed by atoms with Gasteiger partial charge in [0.2, 0.25) is 5.82 Å². The Kier molecular flexibility index (Phi) is 9.38. The molecular weight excluding hydrogens is 386 g/mol. The molecule has 1 saturated heterocycles. The van der Waals surface area contributed by atoms with E-state index < -0.39 is 11.6 Å². The lowest BCUT2D eigenvalue weighted by Gasteiger charge is -2.37. The summed E-state index contributed by atoms with van der Waals surface area (Å²) in [6, 6.07) is 3.04. The summed E-state index contributed by atoms with van der Waals surface area (Å²) in [6.07, 6.45) is 12.4. The van der Waals surface area contributed by atoms with Gasteiger partial charge in [0, 0.05) is 12.2 Å². The standard InChI is InChI=1S/C25H38F2O3/c1-3-5-6-7-18-8-14-22(30-16-18)19-9-12-21(13-10-19)29-17-20-11-15-23(28-4-2)25(27)24(20)26/h11,15,18-19,21-22H,3-10,12-14,16-17H2,1-2H3. The highest BCUT2D eigenvalue weighted by Gasteiger charge is 2.32. The molecule has 2 fully saturated rings. The molecule has 3 nitrogen and oxygen atoms in total. The molecule has 5 heteroatoms. The van der Waals surface area contributed by atoms with Crippen molar-refractivity contribution in [3.05, 3.63) is 29.3 Å². The van der Waals surface area contributed by atoms with E-state index in [9.17, 15) is 8.78 Å². The Balaban J connectivity index is 1.38. The highest BCUT2D eigenvalue weighted by atomic mass is 19.2. The molecule has 2 atom stereocenters. The van der Waals surface area contributed by atoms with Gasteiger partial charge in [0.15, 0.2) is 11.6 Å². The minimum absolute atomic E-state index is 0.0423. The van der Waals surface area contributed by atoms with Crippen LogP contribution in [0.25, 0.3) is 0 Å². The molecule has 0 amide bonds. The van der Waals surface area contributed by atoms with Crippen LogP contribution < -0.4 is 4.74 Å². The van der Waals surface area contributed by atoms with Crippen LogP contribution >= 0.6 is 0 Å². The van der Waals surface area contributed by atoms with Gasteiger partial charge in [-0.1, -0.05) is 26.2 Å². The van der Waals surface area contributed by atoms with Gasteiger partial charge in [-0.2, -0.15) is 4.39 Å². The largest absolute Gasteiger partial charge is 0.491 e. The first kappa shape index (κ1) is 23.5. The van der Waals surface area contributed by atoms with Crippen molar-refractivity contribution in [1.29, 1.82) is 0 Å². The molecule has 1 aliphatic carbocycles. The zero-order chi connectivity index (χ0) is 21.3. The molecule has 1 aromatic rings. The summed E-state index contributed by atoms with van der Waals surface area (Å²) in [7, 11) is 0. The maximum Gasteiger partial charge on any atom is 0.200 e. The van der Waals surface area contributed by atoms with Gasteiger partial charge in [-0.25, -0.2) is 4.39 Å². The third-order valence-electron chi connectivity index (χ3n) is 6.77. The Hall–Kier alpha value is -1.20. The van der Waals surface area contributed by atoms with Gasteiger partial charge in [-0.15, -0.1) is 0 Å². The molecule has 0 aromatic heterocycles. The normalized spacial score (nSPS) is 27.2. The van der Waals surface area contributed by atoms with Crippen molar-refractivity contribution in [3.8, 4) is 5.75 Å². The van der Waals surface area contributed by atoms with E-state index in [-0.39, 0.29) is 24.0 Å². The van der Waals surface area contributed by atoms with Gasteiger partial charge in [0.1, 0.15) is 0 Å². The lowest BCUT2D eigenvalue weighted by Crippen LogP contribution is -2.35. The Morgan fingerprint density at radius 3 is 2.43 bits per heavy atom. The second kappa shape index (κ2) is 12.0. The van der Waals surface area contributed by atoms with Gasteiger partial charge in [-0.05, 0) is 75.8 Å². The fourth-order valence-corrected chi connectivity index (χ4v) is 4.89. The van der Waals surface area contributed by atoms with E-state index in [2.05, 4.69) is 6.92 Å². The molecule has 2 unspecified atom stereocenters. The Morgan fingerprint density at radius 2 is 1.77 bits per heavy atom. The van der Waals surface area contributed by atoms with Crippen LogP contribution in [-0.2, 0) is 16.1 Å². The predicted octanol–water partition coefficient (Wildman–Crippen LogP) is 6.81. The minimum Gasteiger partial charge on any atom is -0.491 e. The average molecular weight is 425 g/mol. The molecule has 170 valence electrons. The third kappa shape index (κ3) is 6.40. The number of rotatable bonds is 10. The number of halogens is 2. The second-order valence-electron chi connectivity index (χ2n) is 8.94. The zero-order valence-corrected chi connectivity index (χ0v) is 18.6. The lowest BCUT2D eigenvalue weighted by molar-refractivity contribution is -0.0728. The van der Waals surface area contributed by atoms with Gasteiger partial charge in [0.25, 0.3) is 0 Å². The molecule has 2 aliphatic rings. The average Bonchev–Trinajstić information content (AvgIpc) is 2.78. The van der Waals surface area contributed by atoms with E-state index in [0.29, 0.717) is 18.6 Å². The number of ether oxygens (including phenoxy) is 3. The van der Waals surface area contributed by atoms with Crippen LogP contribution in [0.2, 0.25) is 0 Å². The lowest BCUT2D eigenvalue weighted by atomic mass is 9.80. The van der Waals surface area contributed by atoms with Crippen LogP contribution in [0.15, 0.2) is 12.1 Å². The Morgan fingerprint density at radius 1 is 0.967 bits per heavy atom. The molecule has 30 heavy (non-hydrogen) atoms. The van der Waals surface area contributed by atoms with Crippen molar-refractivity contribution in [1.82, 2.24) is 0 Å². The fourth-order valence-electron chi connectivity index (χ4n) is 4.89. The predicted molar refractivity (Wildman–Crippen MR) is 115 cm³/mol. The van der Waals surface area contributed by atoms with E-state index in [0.717, 1.165) is 38.2 Å². The van der Waals surface area contributed by atoms with E-state index in [1.54, 1.807) is 13.0 Å². The smallest absolute Gasteiger partial charge is 0.200 e. The summed E-state index contributed by atoms with van der Waals surface area (Å²) in [4.78, 5) is 0. The first-order valence-electron chi connectivity index (χ1n) is 11.9. The first-order chi connectivity index (χ1) is 14.6. The van der Waals surface area contributed by atoms with Crippen molar-refractivity contribution in [2.45, 2.75) is 96.9 Å². The molecule has 0 radical (unpaired) electrons. The fraction of sp³-hybridized carbons (Fsp3) is 0.760. The Bertz CT molecular complexity index is 636. The van der Waals surface area contributed by atoms with Gasteiger partial charge < -0.3 is 14.2 Å². The second-order valence-corrected chi connectivity index (χ2v) is 8.94. The summed E-state index contributed by atoms with van der Waals surface area (Å²) in [5.74, 6) is -0.472. The maximum absolute atomic E-state index is 14.2. The van der Waals surface area contributed by atoms with E-state index in [1.807, 2.05) is 0 Å². The van der Waals surface area contributed by atoms with Crippen LogP contribution in [0.1, 0.15) is 83.6 Å².